The second kappa shape index (κ2) is 13.6. The minimum Gasteiger partial charge on any atom is -0.481 e. The Balaban J connectivity index is 0. The average Bonchev–Trinajstić information content (AvgIpc) is 2.44. The number of hydrogen-bond acceptors (Lipinski definition) is 6. The predicted octanol–water partition coefficient (Wildman–Crippen LogP) is 0.638. The Morgan fingerprint density at radius 2 is 0.846 bits per heavy atom. The summed E-state index contributed by atoms with van der Waals surface area (Å²) in [7, 11) is 0. The highest BCUT2D eigenvalue weighted by molar-refractivity contribution is 5.88. The molecule has 0 bridgehead atoms. The summed E-state index contributed by atoms with van der Waals surface area (Å²) >= 11 is 0. The Kier molecular flexibility index (Phi) is 13.3. The summed E-state index contributed by atoms with van der Waals surface area (Å²) < 4.78 is 0. The fourth-order valence-corrected chi connectivity index (χ4v) is 1.80. The van der Waals surface area contributed by atoms with Gasteiger partial charge in [0.1, 0.15) is 0 Å². The van der Waals surface area contributed by atoms with Crippen molar-refractivity contribution in [3.63, 3.8) is 0 Å². The van der Waals surface area contributed by atoms with E-state index in [0.717, 1.165) is 19.3 Å². The topological polar surface area (TPSA) is 207 Å². The van der Waals surface area contributed by atoms with E-state index in [4.69, 9.17) is 30.6 Å². The third-order valence-electron chi connectivity index (χ3n) is 3.07. The fourth-order valence-electron chi connectivity index (χ4n) is 1.80. The monoisotopic (exact) mass is 380 g/mol. The van der Waals surface area contributed by atoms with Crippen molar-refractivity contribution in [1.29, 1.82) is 0 Å². The van der Waals surface area contributed by atoms with E-state index in [2.05, 4.69) is 0 Å². The normalized spacial score (nSPS) is 10.3. The number of rotatable bonds is 13. The lowest BCUT2D eigenvalue weighted by atomic mass is 9.96. The Bertz CT molecular complexity index is 464. The molecule has 150 valence electrons. The highest BCUT2D eigenvalue weighted by atomic mass is 16.4. The van der Waals surface area contributed by atoms with Gasteiger partial charge < -0.3 is 30.6 Å². The van der Waals surface area contributed by atoms with Gasteiger partial charge in [-0.1, -0.05) is 19.3 Å². The highest BCUT2D eigenvalue weighted by Gasteiger charge is 2.40. The zero-order valence-electron chi connectivity index (χ0n) is 14.1. The fraction of sp³-hybridized carbons (Fsp3) is 0.667. The molecular formula is C15H24O11. The number of carboxylic acid groups (broad SMARTS) is 5. The molecule has 0 aromatic carbocycles. The standard InChI is InChI=1S/C9H16O4.C6H8O7/c10-8(11)6-4-2-1-3-5-7-9(12)13;7-3(8)1-6(13,5(11)12)2-4(9)10/h1-7H2,(H,10,11)(H,12,13);13H,1-2H2,(H,7,8)(H,9,10)(H,11,12). The van der Waals surface area contributed by atoms with Crippen molar-refractivity contribution < 1.29 is 54.6 Å². The number of hydrogen-bond donors (Lipinski definition) is 6. The predicted molar refractivity (Wildman–Crippen MR) is 84.7 cm³/mol. The van der Waals surface area contributed by atoms with E-state index in [0.29, 0.717) is 12.8 Å². The molecular weight excluding hydrogens is 356 g/mol. The van der Waals surface area contributed by atoms with Crippen molar-refractivity contribution in [2.24, 2.45) is 0 Å². The Hall–Kier alpha value is -2.69. The van der Waals surface area contributed by atoms with Crippen LogP contribution in [0.2, 0.25) is 0 Å². The summed E-state index contributed by atoms with van der Waals surface area (Å²) in [5.41, 5.74) is -2.74. The smallest absolute Gasteiger partial charge is 0.336 e. The van der Waals surface area contributed by atoms with Crippen LogP contribution in [0, 0.1) is 0 Å². The zero-order valence-corrected chi connectivity index (χ0v) is 14.1. The van der Waals surface area contributed by atoms with Crippen LogP contribution in [0.4, 0.5) is 0 Å². The zero-order chi connectivity index (χ0) is 20.8. The molecule has 0 rings (SSSR count). The van der Waals surface area contributed by atoms with Crippen LogP contribution in [0.1, 0.15) is 57.8 Å². The molecule has 0 radical (unpaired) electrons. The number of carboxylic acids is 5. The van der Waals surface area contributed by atoms with Gasteiger partial charge in [-0.25, -0.2) is 4.79 Å². The molecule has 0 aromatic rings. The molecule has 0 fully saturated rings. The third kappa shape index (κ3) is 16.2. The molecule has 0 unspecified atom stereocenters. The molecule has 0 aliphatic rings. The summed E-state index contributed by atoms with van der Waals surface area (Å²) in [5.74, 6) is -6.54. The molecule has 0 heterocycles. The van der Waals surface area contributed by atoms with Gasteiger partial charge in [0, 0.05) is 12.8 Å². The van der Waals surface area contributed by atoms with Crippen LogP contribution < -0.4 is 0 Å². The van der Waals surface area contributed by atoms with Gasteiger partial charge in [0.25, 0.3) is 0 Å². The first kappa shape index (κ1) is 25.5. The van der Waals surface area contributed by atoms with Crippen molar-refractivity contribution in [3.8, 4) is 0 Å². The van der Waals surface area contributed by atoms with Gasteiger partial charge in [-0.3, -0.25) is 19.2 Å². The Morgan fingerprint density at radius 1 is 0.538 bits per heavy atom. The number of carbonyl (C=O) groups is 5. The van der Waals surface area contributed by atoms with Crippen molar-refractivity contribution in [2.45, 2.75) is 63.4 Å². The van der Waals surface area contributed by atoms with Crippen LogP contribution >= 0.6 is 0 Å². The molecule has 0 atom stereocenters. The van der Waals surface area contributed by atoms with Crippen LogP contribution in [0.3, 0.4) is 0 Å². The second-order valence-corrected chi connectivity index (χ2v) is 5.53. The maximum atomic E-state index is 10.3. The van der Waals surface area contributed by atoms with Crippen LogP contribution in [0.25, 0.3) is 0 Å². The van der Waals surface area contributed by atoms with Gasteiger partial charge in [0.15, 0.2) is 5.60 Å². The summed E-state index contributed by atoms with van der Waals surface area (Å²) in [4.78, 5) is 50.7. The lowest BCUT2D eigenvalue weighted by molar-refractivity contribution is -0.170. The van der Waals surface area contributed by atoms with E-state index in [-0.39, 0.29) is 12.8 Å². The van der Waals surface area contributed by atoms with Crippen LogP contribution in [0.15, 0.2) is 0 Å². The molecule has 0 aromatic heterocycles. The Labute approximate surface area is 148 Å². The van der Waals surface area contributed by atoms with E-state index in [9.17, 15) is 24.0 Å². The van der Waals surface area contributed by atoms with Crippen molar-refractivity contribution in [2.75, 3.05) is 0 Å². The first-order chi connectivity index (χ1) is 11.9. The molecule has 0 amide bonds. The average molecular weight is 380 g/mol. The minimum absolute atomic E-state index is 0.221. The summed E-state index contributed by atoms with van der Waals surface area (Å²) in [6, 6.07) is 0. The SMILES string of the molecule is O=C(O)CC(O)(CC(=O)O)C(=O)O.O=C(O)CCCCCCCC(=O)O. The van der Waals surface area contributed by atoms with Crippen LogP contribution in [-0.4, -0.2) is 66.1 Å². The highest BCUT2D eigenvalue weighted by Crippen LogP contribution is 2.15. The summed E-state index contributed by atoms with van der Waals surface area (Å²) in [6.45, 7) is 0. The van der Waals surface area contributed by atoms with E-state index in [1.54, 1.807) is 0 Å². The molecule has 26 heavy (non-hydrogen) atoms. The van der Waals surface area contributed by atoms with E-state index >= 15 is 0 Å². The minimum atomic E-state index is -2.74. The maximum Gasteiger partial charge on any atom is 0.336 e. The number of aliphatic hydroxyl groups is 1. The van der Waals surface area contributed by atoms with E-state index in [1.165, 1.54) is 0 Å². The van der Waals surface area contributed by atoms with Crippen molar-refractivity contribution in [3.05, 3.63) is 0 Å². The van der Waals surface area contributed by atoms with Crippen molar-refractivity contribution >= 4 is 29.8 Å². The van der Waals surface area contributed by atoms with Crippen LogP contribution in [-0.2, 0) is 24.0 Å². The lowest BCUT2D eigenvalue weighted by Crippen LogP contribution is -2.42. The molecule has 6 N–H and O–H groups in total. The summed E-state index contributed by atoms with van der Waals surface area (Å²) in [6.07, 6.45) is 2.24. The van der Waals surface area contributed by atoms with Crippen molar-refractivity contribution in [1.82, 2.24) is 0 Å². The first-order valence-electron chi connectivity index (χ1n) is 7.73. The number of aliphatic carboxylic acids is 5. The third-order valence-corrected chi connectivity index (χ3v) is 3.07. The molecule has 0 spiro atoms. The second-order valence-electron chi connectivity index (χ2n) is 5.53. The van der Waals surface area contributed by atoms with E-state index in [1.807, 2.05) is 0 Å². The van der Waals surface area contributed by atoms with Gasteiger partial charge in [-0.15, -0.1) is 0 Å². The molecule has 0 saturated heterocycles. The van der Waals surface area contributed by atoms with Gasteiger partial charge in [0.2, 0.25) is 0 Å². The molecule has 11 nitrogen and oxygen atoms in total. The number of unbranched alkanes of at least 4 members (excludes halogenated alkanes) is 4. The van der Waals surface area contributed by atoms with Gasteiger partial charge in [-0.2, -0.15) is 0 Å². The van der Waals surface area contributed by atoms with Gasteiger partial charge in [0.05, 0.1) is 12.8 Å². The van der Waals surface area contributed by atoms with Gasteiger partial charge >= 0.3 is 29.8 Å². The molecule has 0 aliphatic heterocycles. The lowest BCUT2D eigenvalue weighted by Gasteiger charge is -2.18. The molecule has 0 saturated carbocycles. The Morgan fingerprint density at radius 3 is 1.08 bits per heavy atom. The quantitative estimate of drug-likeness (QED) is 0.244. The summed E-state index contributed by atoms with van der Waals surface area (Å²) in [5, 5.41) is 50.4. The van der Waals surface area contributed by atoms with E-state index < -0.39 is 48.3 Å². The van der Waals surface area contributed by atoms with Gasteiger partial charge in [-0.05, 0) is 12.8 Å². The maximum absolute atomic E-state index is 10.3. The van der Waals surface area contributed by atoms with Crippen LogP contribution in [0.5, 0.6) is 0 Å². The largest absolute Gasteiger partial charge is 0.481 e. The molecule has 0 aliphatic carbocycles. The first-order valence-corrected chi connectivity index (χ1v) is 7.73. The molecule has 11 heteroatoms.